The number of aryl methyl sites for hydroxylation is 1. The maximum absolute atomic E-state index is 12.4. The lowest BCUT2D eigenvalue weighted by Crippen LogP contribution is -2.26. The first-order chi connectivity index (χ1) is 10.1. The van der Waals surface area contributed by atoms with Crippen LogP contribution in [-0.4, -0.2) is 24.7 Å². The highest BCUT2D eigenvalue weighted by Gasteiger charge is 2.29. The SMILES string of the molecule is Cc1[nH]ncc1CNc1ccccc1S(=O)(=O)NC1CC1. The van der Waals surface area contributed by atoms with E-state index in [4.69, 9.17) is 0 Å². The number of sulfonamides is 1. The van der Waals surface area contributed by atoms with Gasteiger partial charge in [-0.05, 0) is 31.9 Å². The summed E-state index contributed by atoms with van der Waals surface area (Å²) in [5.74, 6) is 0. The second-order valence-electron chi connectivity index (χ2n) is 5.27. The Balaban J connectivity index is 1.80. The van der Waals surface area contributed by atoms with Crippen LogP contribution >= 0.6 is 0 Å². The Kier molecular flexibility index (Phi) is 3.69. The molecular formula is C14H18N4O2S. The van der Waals surface area contributed by atoms with Crippen LogP contribution in [0.1, 0.15) is 24.1 Å². The molecule has 0 unspecified atom stereocenters. The van der Waals surface area contributed by atoms with E-state index in [9.17, 15) is 8.42 Å². The Labute approximate surface area is 124 Å². The highest BCUT2D eigenvalue weighted by molar-refractivity contribution is 7.89. The summed E-state index contributed by atoms with van der Waals surface area (Å²) in [7, 11) is -3.46. The minimum Gasteiger partial charge on any atom is -0.380 e. The molecule has 3 rings (SSSR count). The smallest absolute Gasteiger partial charge is 0.242 e. The zero-order valence-corrected chi connectivity index (χ0v) is 12.6. The van der Waals surface area contributed by atoms with E-state index in [0.29, 0.717) is 12.2 Å². The molecule has 0 atom stereocenters. The summed E-state index contributed by atoms with van der Waals surface area (Å²) in [5, 5.41) is 10.00. The minimum absolute atomic E-state index is 0.0965. The number of hydrogen-bond donors (Lipinski definition) is 3. The number of anilines is 1. The second kappa shape index (κ2) is 5.50. The Bertz CT molecular complexity index is 735. The zero-order valence-electron chi connectivity index (χ0n) is 11.8. The number of para-hydroxylation sites is 1. The molecule has 0 radical (unpaired) electrons. The highest BCUT2D eigenvalue weighted by Crippen LogP contribution is 2.26. The van der Waals surface area contributed by atoms with Crippen molar-refractivity contribution in [3.05, 3.63) is 41.7 Å². The van der Waals surface area contributed by atoms with Crippen molar-refractivity contribution in [2.24, 2.45) is 0 Å². The van der Waals surface area contributed by atoms with Crippen LogP contribution in [0.5, 0.6) is 0 Å². The third-order valence-electron chi connectivity index (χ3n) is 3.48. The Hall–Kier alpha value is -1.86. The maximum atomic E-state index is 12.4. The average molecular weight is 306 g/mol. The largest absolute Gasteiger partial charge is 0.380 e. The molecule has 7 heteroatoms. The van der Waals surface area contributed by atoms with E-state index in [0.717, 1.165) is 24.1 Å². The Morgan fingerprint density at radius 3 is 2.76 bits per heavy atom. The summed E-state index contributed by atoms with van der Waals surface area (Å²) in [4.78, 5) is 0.290. The van der Waals surface area contributed by atoms with Crippen molar-refractivity contribution in [1.82, 2.24) is 14.9 Å². The van der Waals surface area contributed by atoms with Crippen LogP contribution in [-0.2, 0) is 16.6 Å². The van der Waals surface area contributed by atoms with E-state index < -0.39 is 10.0 Å². The van der Waals surface area contributed by atoms with E-state index in [1.165, 1.54) is 0 Å². The van der Waals surface area contributed by atoms with E-state index in [-0.39, 0.29) is 10.9 Å². The van der Waals surface area contributed by atoms with Gasteiger partial charge in [-0.15, -0.1) is 0 Å². The van der Waals surface area contributed by atoms with Gasteiger partial charge in [0.05, 0.1) is 11.9 Å². The highest BCUT2D eigenvalue weighted by atomic mass is 32.2. The first-order valence-electron chi connectivity index (χ1n) is 6.90. The first-order valence-corrected chi connectivity index (χ1v) is 8.38. The number of nitrogens with one attached hydrogen (secondary N) is 3. The number of benzene rings is 1. The standard InChI is InChI=1S/C14H18N4O2S/c1-10-11(9-16-17-10)8-15-13-4-2-3-5-14(13)21(19,20)18-12-6-7-12/h2-5,9,12,15,18H,6-8H2,1H3,(H,16,17). The normalized spacial score (nSPS) is 15.1. The van der Waals surface area contributed by atoms with Crippen molar-refractivity contribution < 1.29 is 8.42 Å². The van der Waals surface area contributed by atoms with Crippen LogP contribution < -0.4 is 10.0 Å². The molecule has 112 valence electrons. The number of H-pyrrole nitrogens is 1. The Morgan fingerprint density at radius 2 is 2.10 bits per heavy atom. The molecule has 1 aromatic carbocycles. The fourth-order valence-electron chi connectivity index (χ4n) is 2.08. The van der Waals surface area contributed by atoms with Gasteiger partial charge in [0.15, 0.2) is 0 Å². The summed E-state index contributed by atoms with van der Waals surface area (Å²) in [6.07, 6.45) is 3.58. The molecule has 0 amide bonds. The van der Waals surface area contributed by atoms with Gasteiger partial charge in [0.25, 0.3) is 0 Å². The number of nitrogens with zero attached hydrogens (tertiary/aromatic N) is 1. The third-order valence-corrected chi connectivity index (χ3v) is 5.06. The van der Waals surface area contributed by atoms with E-state index in [2.05, 4.69) is 20.2 Å². The average Bonchev–Trinajstić information content (AvgIpc) is 3.16. The van der Waals surface area contributed by atoms with Gasteiger partial charge in [-0.25, -0.2) is 13.1 Å². The number of aromatic nitrogens is 2. The molecular weight excluding hydrogens is 288 g/mol. The monoisotopic (exact) mass is 306 g/mol. The number of aromatic amines is 1. The first kappa shape index (κ1) is 14.1. The van der Waals surface area contributed by atoms with Crippen molar-refractivity contribution in [2.45, 2.75) is 37.2 Å². The van der Waals surface area contributed by atoms with Gasteiger partial charge in [0, 0.05) is 23.8 Å². The summed E-state index contributed by atoms with van der Waals surface area (Å²) >= 11 is 0. The molecule has 21 heavy (non-hydrogen) atoms. The van der Waals surface area contributed by atoms with Gasteiger partial charge in [-0.1, -0.05) is 12.1 Å². The minimum atomic E-state index is -3.46. The van der Waals surface area contributed by atoms with Gasteiger partial charge in [0.2, 0.25) is 10.0 Å². The van der Waals surface area contributed by atoms with E-state index >= 15 is 0 Å². The van der Waals surface area contributed by atoms with Crippen LogP contribution in [0.15, 0.2) is 35.4 Å². The predicted molar refractivity (Wildman–Crippen MR) is 80.4 cm³/mol. The van der Waals surface area contributed by atoms with E-state index in [1.54, 1.807) is 24.4 Å². The fraction of sp³-hybridized carbons (Fsp3) is 0.357. The van der Waals surface area contributed by atoms with Crippen molar-refractivity contribution in [1.29, 1.82) is 0 Å². The van der Waals surface area contributed by atoms with Crippen LogP contribution in [0.4, 0.5) is 5.69 Å². The lowest BCUT2D eigenvalue weighted by Gasteiger charge is -2.12. The third kappa shape index (κ3) is 3.25. The molecule has 0 bridgehead atoms. The zero-order chi connectivity index (χ0) is 14.9. The molecule has 1 heterocycles. The Morgan fingerprint density at radius 1 is 1.33 bits per heavy atom. The lowest BCUT2D eigenvalue weighted by molar-refractivity contribution is 0.581. The molecule has 1 aromatic heterocycles. The number of hydrogen-bond acceptors (Lipinski definition) is 4. The molecule has 3 N–H and O–H groups in total. The van der Waals surface area contributed by atoms with Crippen LogP contribution in [0.2, 0.25) is 0 Å². The van der Waals surface area contributed by atoms with Crippen molar-refractivity contribution >= 4 is 15.7 Å². The summed E-state index contributed by atoms with van der Waals surface area (Å²) in [5.41, 5.74) is 2.59. The van der Waals surface area contributed by atoms with Gasteiger partial charge in [-0.2, -0.15) is 5.10 Å². The molecule has 1 fully saturated rings. The molecule has 0 aliphatic heterocycles. The van der Waals surface area contributed by atoms with Gasteiger partial charge in [0.1, 0.15) is 4.90 Å². The van der Waals surface area contributed by atoms with Gasteiger partial charge < -0.3 is 5.32 Å². The molecule has 1 aliphatic carbocycles. The van der Waals surface area contributed by atoms with Crippen molar-refractivity contribution in [3.63, 3.8) is 0 Å². The van der Waals surface area contributed by atoms with Crippen molar-refractivity contribution in [3.8, 4) is 0 Å². The predicted octanol–water partition coefficient (Wildman–Crippen LogP) is 1.77. The summed E-state index contributed by atoms with van der Waals surface area (Å²) < 4.78 is 27.4. The van der Waals surface area contributed by atoms with Crippen LogP contribution in [0, 0.1) is 6.92 Å². The van der Waals surface area contributed by atoms with Gasteiger partial charge in [-0.3, -0.25) is 5.10 Å². The summed E-state index contributed by atoms with van der Waals surface area (Å²) in [6.45, 7) is 2.46. The summed E-state index contributed by atoms with van der Waals surface area (Å²) in [6, 6.07) is 7.04. The molecule has 6 nitrogen and oxygen atoms in total. The van der Waals surface area contributed by atoms with Crippen LogP contribution in [0.25, 0.3) is 0 Å². The molecule has 0 saturated heterocycles. The van der Waals surface area contributed by atoms with Crippen molar-refractivity contribution in [2.75, 3.05) is 5.32 Å². The second-order valence-corrected chi connectivity index (χ2v) is 6.95. The molecule has 1 saturated carbocycles. The fourth-order valence-corrected chi connectivity index (χ4v) is 3.56. The molecule has 2 aromatic rings. The quantitative estimate of drug-likeness (QED) is 0.759. The number of rotatable bonds is 6. The topological polar surface area (TPSA) is 86.9 Å². The molecule has 0 spiro atoms. The van der Waals surface area contributed by atoms with E-state index in [1.807, 2.05) is 13.0 Å². The maximum Gasteiger partial charge on any atom is 0.242 e. The molecule has 1 aliphatic rings. The van der Waals surface area contributed by atoms with Gasteiger partial charge >= 0.3 is 0 Å². The van der Waals surface area contributed by atoms with Crippen LogP contribution in [0.3, 0.4) is 0 Å². The lowest BCUT2D eigenvalue weighted by atomic mass is 10.2.